The molecule has 1 amide bonds. The van der Waals surface area contributed by atoms with Crippen LogP contribution in [0.3, 0.4) is 0 Å². The summed E-state index contributed by atoms with van der Waals surface area (Å²) in [6, 6.07) is 7.00. The van der Waals surface area contributed by atoms with Crippen LogP contribution in [0.5, 0.6) is 0 Å². The Morgan fingerprint density at radius 2 is 2.33 bits per heavy atom. The van der Waals surface area contributed by atoms with E-state index >= 15 is 0 Å². The van der Waals surface area contributed by atoms with Gasteiger partial charge < -0.3 is 5.11 Å². The Labute approximate surface area is 70.3 Å². The molecule has 3 nitrogen and oxygen atoms in total. The van der Waals surface area contributed by atoms with Gasteiger partial charge in [-0.25, -0.2) is 4.79 Å². The molecular weight excluding hydrogens is 154 g/mol. The van der Waals surface area contributed by atoms with Crippen LogP contribution in [-0.4, -0.2) is 11.2 Å². The Hall–Kier alpha value is -1.77. The third-order valence-electron chi connectivity index (χ3n) is 1.37. The smallest absolute Gasteiger partial charge is 0.409 e. The SMILES string of the molecule is C=Cc1cccc(NC(=O)O)c1. The number of amides is 1. The molecule has 2 N–H and O–H groups in total. The van der Waals surface area contributed by atoms with E-state index < -0.39 is 6.09 Å². The molecule has 0 heterocycles. The fourth-order valence-corrected chi connectivity index (χ4v) is 0.867. The highest BCUT2D eigenvalue weighted by Gasteiger charge is 1.96. The zero-order valence-corrected chi connectivity index (χ0v) is 6.45. The van der Waals surface area contributed by atoms with Gasteiger partial charge in [0, 0.05) is 5.69 Å². The first-order valence-corrected chi connectivity index (χ1v) is 3.45. The summed E-state index contributed by atoms with van der Waals surface area (Å²) in [7, 11) is 0. The maximum absolute atomic E-state index is 10.2. The molecule has 0 aliphatic rings. The van der Waals surface area contributed by atoms with Gasteiger partial charge in [0.2, 0.25) is 0 Å². The zero-order valence-electron chi connectivity index (χ0n) is 6.45. The quantitative estimate of drug-likeness (QED) is 0.703. The molecule has 0 aliphatic heterocycles. The van der Waals surface area contributed by atoms with Gasteiger partial charge in [-0.1, -0.05) is 24.8 Å². The Morgan fingerprint density at radius 1 is 1.58 bits per heavy atom. The molecule has 0 saturated carbocycles. The minimum absolute atomic E-state index is 0.555. The van der Waals surface area contributed by atoms with Crippen molar-refractivity contribution in [1.82, 2.24) is 0 Å². The summed E-state index contributed by atoms with van der Waals surface area (Å²) in [6.07, 6.45) is 0.601. The van der Waals surface area contributed by atoms with Crippen molar-refractivity contribution in [1.29, 1.82) is 0 Å². The molecule has 0 aromatic heterocycles. The van der Waals surface area contributed by atoms with Crippen LogP contribution in [0.2, 0.25) is 0 Å². The van der Waals surface area contributed by atoms with Crippen molar-refractivity contribution in [2.75, 3.05) is 5.32 Å². The second-order valence-electron chi connectivity index (χ2n) is 2.26. The van der Waals surface area contributed by atoms with Crippen LogP contribution in [0.1, 0.15) is 5.56 Å². The largest absolute Gasteiger partial charge is 0.465 e. The summed E-state index contributed by atoms with van der Waals surface area (Å²) in [5.41, 5.74) is 1.45. The van der Waals surface area contributed by atoms with Crippen LogP contribution < -0.4 is 5.32 Å². The van der Waals surface area contributed by atoms with Crippen molar-refractivity contribution in [2.45, 2.75) is 0 Å². The Kier molecular flexibility index (Phi) is 2.48. The summed E-state index contributed by atoms with van der Waals surface area (Å²) < 4.78 is 0. The van der Waals surface area contributed by atoms with Crippen molar-refractivity contribution in [3.63, 3.8) is 0 Å². The molecule has 3 heteroatoms. The van der Waals surface area contributed by atoms with Crippen molar-refractivity contribution >= 4 is 17.9 Å². The van der Waals surface area contributed by atoms with Crippen molar-refractivity contribution in [3.05, 3.63) is 36.4 Å². The zero-order chi connectivity index (χ0) is 8.97. The molecule has 1 aromatic carbocycles. The molecule has 0 bridgehead atoms. The minimum atomic E-state index is -1.06. The monoisotopic (exact) mass is 163 g/mol. The van der Waals surface area contributed by atoms with E-state index in [1.54, 1.807) is 24.3 Å². The number of anilines is 1. The fraction of sp³-hybridized carbons (Fsp3) is 0. The summed E-state index contributed by atoms with van der Waals surface area (Å²) in [5.74, 6) is 0. The minimum Gasteiger partial charge on any atom is -0.465 e. The summed E-state index contributed by atoms with van der Waals surface area (Å²) >= 11 is 0. The molecule has 12 heavy (non-hydrogen) atoms. The number of carboxylic acid groups (broad SMARTS) is 1. The van der Waals surface area contributed by atoms with Gasteiger partial charge in [-0.05, 0) is 17.7 Å². The van der Waals surface area contributed by atoms with Crippen LogP contribution in [0.4, 0.5) is 10.5 Å². The molecule has 0 radical (unpaired) electrons. The first-order valence-electron chi connectivity index (χ1n) is 3.45. The normalized spacial score (nSPS) is 9.00. The molecule has 0 saturated heterocycles. The van der Waals surface area contributed by atoms with Crippen molar-refractivity contribution in [3.8, 4) is 0 Å². The number of benzene rings is 1. The lowest BCUT2D eigenvalue weighted by Crippen LogP contribution is -2.06. The standard InChI is InChI=1S/C9H9NO2/c1-2-7-4-3-5-8(6-7)10-9(11)12/h2-6,10H,1H2,(H,11,12). The summed E-state index contributed by atoms with van der Waals surface area (Å²) in [5, 5.41) is 10.6. The van der Waals surface area contributed by atoms with Crippen LogP contribution in [0.15, 0.2) is 30.8 Å². The highest BCUT2D eigenvalue weighted by Crippen LogP contribution is 2.10. The van der Waals surface area contributed by atoms with E-state index in [4.69, 9.17) is 5.11 Å². The van der Waals surface area contributed by atoms with Gasteiger partial charge in [0.1, 0.15) is 0 Å². The first kappa shape index (κ1) is 8.33. The van der Waals surface area contributed by atoms with Gasteiger partial charge >= 0.3 is 6.09 Å². The molecule has 0 atom stereocenters. The predicted molar refractivity (Wildman–Crippen MR) is 48.2 cm³/mol. The van der Waals surface area contributed by atoms with Gasteiger partial charge in [-0.3, -0.25) is 5.32 Å². The Balaban J connectivity index is 2.86. The fourth-order valence-electron chi connectivity index (χ4n) is 0.867. The van der Waals surface area contributed by atoms with E-state index in [1.807, 2.05) is 6.07 Å². The van der Waals surface area contributed by atoms with E-state index in [9.17, 15) is 4.79 Å². The van der Waals surface area contributed by atoms with Crippen LogP contribution >= 0.6 is 0 Å². The van der Waals surface area contributed by atoms with Crippen molar-refractivity contribution < 1.29 is 9.90 Å². The van der Waals surface area contributed by atoms with Crippen LogP contribution in [-0.2, 0) is 0 Å². The van der Waals surface area contributed by atoms with E-state index in [-0.39, 0.29) is 0 Å². The second kappa shape index (κ2) is 3.57. The van der Waals surface area contributed by atoms with Crippen molar-refractivity contribution in [2.24, 2.45) is 0 Å². The molecule has 0 fully saturated rings. The lowest BCUT2D eigenvalue weighted by molar-refractivity contribution is 0.210. The lowest BCUT2D eigenvalue weighted by atomic mass is 10.2. The van der Waals surface area contributed by atoms with E-state index in [2.05, 4.69) is 11.9 Å². The highest BCUT2D eigenvalue weighted by atomic mass is 16.4. The van der Waals surface area contributed by atoms with Crippen LogP contribution in [0.25, 0.3) is 6.08 Å². The van der Waals surface area contributed by atoms with E-state index in [0.29, 0.717) is 5.69 Å². The third kappa shape index (κ3) is 2.12. The molecule has 1 aromatic rings. The Morgan fingerprint density at radius 3 is 2.92 bits per heavy atom. The molecule has 62 valence electrons. The van der Waals surface area contributed by atoms with Gasteiger partial charge in [0.05, 0.1) is 0 Å². The number of nitrogens with one attached hydrogen (secondary N) is 1. The van der Waals surface area contributed by atoms with Gasteiger partial charge in [0.25, 0.3) is 0 Å². The number of rotatable bonds is 2. The summed E-state index contributed by atoms with van der Waals surface area (Å²) in [4.78, 5) is 10.2. The maximum Gasteiger partial charge on any atom is 0.409 e. The molecular formula is C9H9NO2. The van der Waals surface area contributed by atoms with Gasteiger partial charge in [-0.15, -0.1) is 0 Å². The van der Waals surface area contributed by atoms with E-state index in [1.165, 1.54) is 0 Å². The van der Waals surface area contributed by atoms with Gasteiger partial charge in [-0.2, -0.15) is 0 Å². The lowest BCUT2D eigenvalue weighted by Gasteiger charge is -2.00. The number of hydrogen-bond acceptors (Lipinski definition) is 1. The molecule has 0 aliphatic carbocycles. The maximum atomic E-state index is 10.2. The first-order chi connectivity index (χ1) is 5.72. The highest BCUT2D eigenvalue weighted by molar-refractivity contribution is 5.83. The second-order valence-corrected chi connectivity index (χ2v) is 2.26. The average Bonchev–Trinajstić information content (AvgIpc) is 2.03. The van der Waals surface area contributed by atoms with Gasteiger partial charge in [0.15, 0.2) is 0 Å². The molecule has 0 unspecified atom stereocenters. The Bertz CT molecular complexity index is 307. The molecule has 1 rings (SSSR count). The molecule has 0 spiro atoms. The number of hydrogen-bond donors (Lipinski definition) is 2. The predicted octanol–water partition coefficient (Wildman–Crippen LogP) is 2.42. The summed E-state index contributed by atoms with van der Waals surface area (Å²) in [6.45, 7) is 3.58. The van der Waals surface area contributed by atoms with E-state index in [0.717, 1.165) is 5.56 Å². The van der Waals surface area contributed by atoms with Crippen LogP contribution in [0, 0.1) is 0 Å². The topological polar surface area (TPSA) is 49.3 Å². The average molecular weight is 163 g/mol. The third-order valence-corrected chi connectivity index (χ3v) is 1.37. The number of carbonyl (C=O) groups is 1.